The SMILES string of the molecule is CC(C)(CO)NC(=O)/C=C/c1ccccc1F. The van der Waals surface area contributed by atoms with Crippen LogP contribution >= 0.6 is 0 Å². The van der Waals surface area contributed by atoms with E-state index in [2.05, 4.69) is 5.32 Å². The van der Waals surface area contributed by atoms with Gasteiger partial charge in [-0.2, -0.15) is 0 Å². The first-order valence-electron chi connectivity index (χ1n) is 5.30. The summed E-state index contributed by atoms with van der Waals surface area (Å²) in [7, 11) is 0. The summed E-state index contributed by atoms with van der Waals surface area (Å²) in [5.74, 6) is -0.745. The Balaban J connectivity index is 2.67. The third-order valence-corrected chi connectivity index (χ3v) is 2.18. The van der Waals surface area contributed by atoms with Gasteiger partial charge in [-0.3, -0.25) is 4.79 Å². The zero-order valence-corrected chi connectivity index (χ0v) is 9.90. The van der Waals surface area contributed by atoms with Crippen LogP contribution in [0, 0.1) is 5.82 Å². The molecule has 0 aliphatic rings. The molecule has 0 saturated carbocycles. The van der Waals surface area contributed by atoms with E-state index >= 15 is 0 Å². The molecule has 0 unspecified atom stereocenters. The molecule has 17 heavy (non-hydrogen) atoms. The van der Waals surface area contributed by atoms with Crippen LogP contribution in [0.5, 0.6) is 0 Å². The molecule has 2 N–H and O–H groups in total. The normalized spacial score (nSPS) is 11.8. The second-order valence-electron chi connectivity index (χ2n) is 4.39. The van der Waals surface area contributed by atoms with Gasteiger partial charge < -0.3 is 10.4 Å². The fourth-order valence-corrected chi connectivity index (χ4v) is 1.19. The van der Waals surface area contributed by atoms with Crippen molar-refractivity contribution >= 4 is 12.0 Å². The Bertz CT molecular complexity index is 427. The zero-order valence-electron chi connectivity index (χ0n) is 9.90. The van der Waals surface area contributed by atoms with E-state index in [0.717, 1.165) is 0 Å². The van der Waals surface area contributed by atoms with Crippen LogP contribution in [0.25, 0.3) is 6.08 Å². The highest BCUT2D eigenvalue weighted by Crippen LogP contribution is 2.08. The molecular formula is C13H16FNO2. The fourth-order valence-electron chi connectivity index (χ4n) is 1.19. The molecule has 1 amide bonds. The number of aliphatic hydroxyl groups is 1. The average molecular weight is 237 g/mol. The second-order valence-corrected chi connectivity index (χ2v) is 4.39. The third kappa shape index (κ3) is 4.36. The number of benzene rings is 1. The summed E-state index contributed by atoms with van der Waals surface area (Å²) in [6.45, 7) is 3.23. The molecule has 0 radical (unpaired) electrons. The van der Waals surface area contributed by atoms with Gasteiger partial charge in [0.15, 0.2) is 0 Å². The van der Waals surface area contributed by atoms with Gasteiger partial charge in [0.2, 0.25) is 5.91 Å². The summed E-state index contributed by atoms with van der Waals surface area (Å²) in [4.78, 5) is 11.5. The maximum Gasteiger partial charge on any atom is 0.244 e. The molecule has 0 aliphatic carbocycles. The number of amides is 1. The largest absolute Gasteiger partial charge is 0.394 e. The van der Waals surface area contributed by atoms with Gasteiger partial charge in [-0.15, -0.1) is 0 Å². The molecule has 0 heterocycles. The molecule has 0 spiro atoms. The van der Waals surface area contributed by atoms with Crippen LogP contribution in [0.4, 0.5) is 4.39 Å². The van der Waals surface area contributed by atoms with Crippen molar-refractivity contribution in [3.05, 3.63) is 41.7 Å². The smallest absolute Gasteiger partial charge is 0.244 e. The summed E-state index contributed by atoms with van der Waals surface area (Å²) >= 11 is 0. The van der Waals surface area contributed by atoms with Crippen LogP contribution in [0.15, 0.2) is 30.3 Å². The van der Waals surface area contributed by atoms with E-state index in [-0.39, 0.29) is 18.3 Å². The Morgan fingerprint density at radius 3 is 2.71 bits per heavy atom. The van der Waals surface area contributed by atoms with Gasteiger partial charge in [0, 0.05) is 11.6 Å². The molecule has 92 valence electrons. The fraction of sp³-hybridized carbons (Fsp3) is 0.308. The van der Waals surface area contributed by atoms with E-state index in [1.807, 2.05) is 0 Å². The Morgan fingerprint density at radius 1 is 1.47 bits per heavy atom. The minimum Gasteiger partial charge on any atom is -0.394 e. The molecule has 0 aliphatic heterocycles. The number of hydrogen-bond donors (Lipinski definition) is 2. The highest BCUT2D eigenvalue weighted by atomic mass is 19.1. The second kappa shape index (κ2) is 5.59. The lowest BCUT2D eigenvalue weighted by Crippen LogP contribution is -2.45. The van der Waals surface area contributed by atoms with Crippen LogP contribution in [-0.2, 0) is 4.79 Å². The van der Waals surface area contributed by atoms with Crippen LogP contribution in [0.2, 0.25) is 0 Å². The van der Waals surface area contributed by atoms with Crippen molar-refractivity contribution in [1.29, 1.82) is 0 Å². The highest BCUT2D eigenvalue weighted by molar-refractivity contribution is 5.92. The van der Waals surface area contributed by atoms with Crippen molar-refractivity contribution in [3.8, 4) is 0 Å². The number of nitrogens with one attached hydrogen (secondary N) is 1. The van der Waals surface area contributed by atoms with E-state index in [9.17, 15) is 9.18 Å². The predicted molar refractivity (Wildman–Crippen MR) is 64.7 cm³/mol. The highest BCUT2D eigenvalue weighted by Gasteiger charge is 2.17. The van der Waals surface area contributed by atoms with E-state index in [1.165, 1.54) is 18.2 Å². The average Bonchev–Trinajstić information content (AvgIpc) is 2.27. The van der Waals surface area contributed by atoms with E-state index < -0.39 is 5.54 Å². The summed E-state index contributed by atoms with van der Waals surface area (Å²) in [6, 6.07) is 6.19. The first kappa shape index (κ1) is 13.4. The van der Waals surface area contributed by atoms with E-state index in [0.29, 0.717) is 5.56 Å². The molecule has 0 aromatic heterocycles. The molecule has 1 aromatic rings. The molecule has 0 bridgehead atoms. The molecule has 0 fully saturated rings. The number of carbonyl (C=O) groups excluding carboxylic acids is 1. The van der Waals surface area contributed by atoms with Crippen molar-refractivity contribution in [2.24, 2.45) is 0 Å². The first-order valence-corrected chi connectivity index (χ1v) is 5.30. The molecule has 1 rings (SSSR count). The van der Waals surface area contributed by atoms with Gasteiger partial charge >= 0.3 is 0 Å². The topological polar surface area (TPSA) is 49.3 Å². The molecule has 3 nitrogen and oxygen atoms in total. The quantitative estimate of drug-likeness (QED) is 0.783. The van der Waals surface area contributed by atoms with Gasteiger partial charge in [-0.1, -0.05) is 18.2 Å². The monoisotopic (exact) mass is 237 g/mol. The number of carbonyl (C=O) groups is 1. The van der Waals surface area contributed by atoms with Gasteiger partial charge in [0.05, 0.1) is 12.1 Å². The summed E-state index contributed by atoms with van der Waals surface area (Å²) in [6.07, 6.45) is 2.65. The lowest BCUT2D eigenvalue weighted by Gasteiger charge is -2.22. The van der Waals surface area contributed by atoms with Crippen molar-refractivity contribution in [3.63, 3.8) is 0 Å². The zero-order chi connectivity index (χ0) is 12.9. The van der Waals surface area contributed by atoms with E-state index in [4.69, 9.17) is 5.11 Å². The summed E-state index contributed by atoms with van der Waals surface area (Å²) in [5.41, 5.74) is -0.333. The molecule has 1 aromatic carbocycles. The summed E-state index contributed by atoms with van der Waals surface area (Å²) < 4.78 is 13.2. The van der Waals surface area contributed by atoms with Gasteiger partial charge in [-0.25, -0.2) is 4.39 Å². The van der Waals surface area contributed by atoms with Crippen molar-refractivity contribution < 1.29 is 14.3 Å². The third-order valence-electron chi connectivity index (χ3n) is 2.18. The van der Waals surface area contributed by atoms with Crippen molar-refractivity contribution in [1.82, 2.24) is 5.32 Å². The van der Waals surface area contributed by atoms with Crippen molar-refractivity contribution in [2.45, 2.75) is 19.4 Å². The lowest BCUT2D eigenvalue weighted by atomic mass is 10.1. The summed E-state index contributed by atoms with van der Waals surface area (Å²) in [5, 5.41) is 11.6. The standard InChI is InChI=1S/C13H16FNO2/c1-13(2,9-16)15-12(17)8-7-10-5-3-4-6-11(10)14/h3-8,16H,9H2,1-2H3,(H,15,17)/b8-7+. The van der Waals surface area contributed by atoms with Gasteiger partial charge in [0.25, 0.3) is 0 Å². The van der Waals surface area contributed by atoms with Gasteiger partial charge in [0.1, 0.15) is 5.82 Å². The lowest BCUT2D eigenvalue weighted by molar-refractivity contribution is -0.118. The van der Waals surface area contributed by atoms with Crippen LogP contribution in [0.3, 0.4) is 0 Å². The van der Waals surface area contributed by atoms with Crippen molar-refractivity contribution in [2.75, 3.05) is 6.61 Å². The Morgan fingerprint density at radius 2 is 2.12 bits per heavy atom. The van der Waals surface area contributed by atoms with Crippen LogP contribution in [0.1, 0.15) is 19.4 Å². The van der Waals surface area contributed by atoms with E-state index in [1.54, 1.807) is 32.0 Å². The number of rotatable bonds is 4. The molecule has 0 atom stereocenters. The maximum atomic E-state index is 13.2. The predicted octanol–water partition coefficient (Wildman–Crippen LogP) is 1.73. The molecular weight excluding hydrogens is 221 g/mol. The minimum absolute atomic E-state index is 0.160. The number of aliphatic hydroxyl groups excluding tert-OH is 1. The van der Waals surface area contributed by atoms with Crippen LogP contribution in [-0.4, -0.2) is 23.2 Å². The Hall–Kier alpha value is -1.68. The molecule has 4 heteroatoms. The van der Waals surface area contributed by atoms with Crippen LogP contribution < -0.4 is 5.32 Å². The van der Waals surface area contributed by atoms with Gasteiger partial charge in [-0.05, 0) is 26.0 Å². The Kier molecular flexibility index (Phi) is 4.40. The minimum atomic E-state index is -0.684. The number of hydrogen-bond acceptors (Lipinski definition) is 2. The maximum absolute atomic E-state index is 13.2. The number of halogens is 1. The Labute approximate surface area is 100.0 Å². The molecule has 0 saturated heterocycles. The first-order chi connectivity index (χ1) is 7.94.